The highest BCUT2D eigenvalue weighted by Gasteiger charge is 2.18. The van der Waals surface area contributed by atoms with Crippen LogP contribution in [-0.4, -0.2) is 6.61 Å². The Bertz CT molecular complexity index is 1290. The zero-order chi connectivity index (χ0) is 28.3. The average Bonchev–Trinajstić information content (AvgIpc) is 2.98. The molecule has 1 aliphatic rings. The van der Waals surface area contributed by atoms with Gasteiger partial charge in [-0.1, -0.05) is 87.6 Å². The van der Waals surface area contributed by atoms with Gasteiger partial charge in [-0.2, -0.15) is 4.39 Å². The Morgan fingerprint density at radius 2 is 1.50 bits per heavy atom. The van der Waals surface area contributed by atoms with Crippen LogP contribution in [0.15, 0.2) is 73.3 Å². The van der Waals surface area contributed by atoms with E-state index in [9.17, 15) is 8.78 Å². The molecule has 4 heteroatoms. The van der Waals surface area contributed by atoms with E-state index in [0.29, 0.717) is 29.2 Å². The van der Waals surface area contributed by atoms with Crippen LogP contribution in [-0.2, 0) is 0 Å². The highest BCUT2D eigenvalue weighted by Crippen LogP contribution is 2.35. The topological polar surface area (TPSA) is 9.23 Å². The van der Waals surface area contributed by atoms with Gasteiger partial charge in [0.1, 0.15) is 5.82 Å². The minimum absolute atomic E-state index is 0.0612. The molecule has 40 heavy (non-hydrogen) atoms. The number of ether oxygens (including phenoxy) is 1. The number of hydrogen-bond donors (Lipinski definition) is 0. The maximum absolute atomic E-state index is 15.2. The van der Waals surface area contributed by atoms with Gasteiger partial charge >= 0.3 is 0 Å². The number of benzene rings is 3. The highest BCUT2D eigenvalue weighted by molar-refractivity contribution is 5.74. The van der Waals surface area contributed by atoms with Gasteiger partial charge < -0.3 is 4.74 Å². The van der Waals surface area contributed by atoms with Crippen LogP contribution in [0.5, 0.6) is 5.75 Å². The molecule has 3 aromatic rings. The van der Waals surface area contributed by atoms with Gasteiger partial charge in [0.15, 0.2) is 11.6 Å². The van der Waals surface area contributed by atoms with Gasteiger partial charge in [0.2, 0.25) is 5.82 Å². The first-order chi connectivity index (χ1) is 19.5. The molecule has 0 saturated carbocycles. The van der Waals surface area contributed by atoms with Crippen LogP contribution >= 0.6 is 0 Å². The van der Waals surface area contributed by atoms with Gasteiger partial charge in [-0.05, 0) is 84.9 Å². The van der Waals surface area contributed by atoms with Crippen LogP contribution in [0.25, 0.3) is 27.8 Å². The first-order valence-corrected chi connectivity index (χ1v) is 14.8. The van der Waals surface area contributed by atoms with E-state index in [1.54, 1.807) is 42.5 Å². The molecule has 0 spiro atoms. The van der Waals surface area contributed by atoms with Crippen LogP contribution in [0, 0.1) is 23.4 Å². The first-order valence-electron chi connectivity index (χ1n) is 14.8. The molecular weight excluding hydrogens is 505 g/mol. The molecule has 0 radical (unpaired) electrons. The van der Waals surface area contributed by atoms with Crippen molar-refractivity contribution in [2.45, 2.75) is 77.6 Å². The summed E-state index contributed by atoms with van der Waals surface area (Å²) in [6, 6.07) is 15.3. The van der Waals surface area contributed by atoms with Gasteiger partial charge in [-0.3, -0.25) is 0 Å². The number of unbranched alkanes of at least 4 members (excludes halogenated alkanes) is 5. The van der Waals surface area contributed by atoms with Gasteiger partial charge in [-0.15, -0.1) is 6.58 Å². The molecule has 1 aliphatic carbocycles. The molecule has 0 fully saturated rings. The van der Waals surface area contributed by atoms with Crippen molar-refractivity contribution in [1.82, 2.24) is 0 Å². The third-order valence-electron chi connectivity index (χ3n) is 7.95. The van der Waals surface area contributed by atoms with Crippen LogP contribution in [0.4, 0.5) is 13.2 Å². The highest BCUT2D eigenvalue weighted by atomic mass is 19.2. The van der Waals surface area contributed by atoms with Crippen molar-refractivity contribution in [3.63, 3.8) is 0 Å². The van der Waals surface area contributed by atoms with E-state index < -0.39 is 11.6 Å². The van der Waals surface area contributed by atoms with E-state index in [0.717, 1.165) is 56.9 Å². The average molecular weight is 547 g/mol. The molecule has 0 bridgehead atoms. The lowest BCUT2D eigenvalue weighted by Crippen LogP contribution is -2.05. The zero-order valence-corrected chi connectivity index (χ0v) is 23.7. The smallest absolute Gasteiger partial charge is 0.201 e. The van der Waals surface area contributed by atoms with E-state index in [1.165, 1.54) is 30.9 Å². The SMILES string of the molecule is C=CCCC1CC=C(c2ccc(-c3ccc(-c4ccc(OCCCCCCCC)c(F)c4F)cc3)c(F)c2)CC1. The molecule has 0 heterocycles. The molecule has 1 nitrogen and oxygen atoms in total. The molecule has 212 valence electrons. The minimum atomic E-state index is -0.974. The molecule has 1 unspecified atom stereocenters. The summed E-state index contributed by atoms with van der Waals surface area (Å²) in [5, 5.41) is 0. The monoisotopic (exact) mass is 546 g/mol. The van der Waals surface area contributed by atoms with Crippen molar-refractivity contribution < 1.29 is 17.9 Å². The summed E-state index contributed by atoms with van der Waals surface area (Å²) in [6.07, 6.45) is 16.1. The van der Waals surface area contributed by atoms with Crippen molar-refractivity contribution in [3.05, 3.63) is 96.3 Å². The second-order valence-electron chi connectivity index (χ2n) is 10.9. The standard InChI is InChI=1S/C36H41F3O/c1-3-5-7-8-9-10-24-40-34-23-22-32(35(38)36(34)39)29-18-16-28(17-19-29)31-21-20-30(25-33(31)37)27-14-12-26(13-15-27)11-6-4-2/h4,14,16-23,25-26H,2-3,5-13,15,24H2,1H3. The van der Waals surface area contributed by atoms with Crippen molar-refractivity contribution in [2.24, 2.45) is 5.92 Å². The lowest BCUT2D eigenvalue weighted by Gasteiger charge is -2.22. The van der Waals surface area contributed by atoms with Crippen LogP contribution in [0.1, 0.15) is 83.1 Å². The van der Waals surface area contributed by atoms with E-state index in [4.69, 9.17) is 4.74 Å². The lowest BCUT2D eigenvalue weighted by atomic mass is 9.84. The van der Waals surface area contributed by atoms with E-state index >= 15 is 4.39 Å². The van der Waals surface area contributed by atoms with E-state index in [1.807, 2.05) is 12.1 Å². The summed E-state index contributed by atoms with van der Waals surface area (Å²) in [5.74, 6) is -1.58. The Kier molecular flexibility index (Phi) is 11.1. The predicted molar refractivity (Wildman–Crippen MR) is 161 cm³/mol. The minimum Gasteiger partial charge on any atom is -0.490 e. The summed E-state index contributed by atoms with van der Waals surface area (Å²) >= 11 is 0. The summed E-state index contributed by atoms with van der Waals surface area (Å²) in [4.78, 5) is 0. The molecule has 1 atom stereocenters. The van der Waals surface area contributed by atoms with E-state index in [2.05, 4.69) is 19.6 Å². The van der Waals surface area contributed by atoms with Gasteiger partial charge in [0.05, 0.1) is 6.61 Å². The lowest BCUT2D eigenvalue weighted by molar-refractivity contribution is 0.285. The van der Waals surface area contributed by atoms with Crippen molar-refractivity contribution >= 4 is 5.57 Å². The van der Waals surface area contributed by atoms with Gasteiger partial charge in [0.25, 0.3) is 0 Å². The van der Waals surface area contributed by atoms with Crippen molar-refractivity contribution in [3.8, 4) is 28.0 Å². The van der Waals surface area contributed by atoms with E-state index in [-0.39, 0.29) is 17.1 Å². The Morgan fingerprint density at radius 1 is 0.825 bits per heavy atom. The third-order valence-corrected chi connectivity index (χ3v) is 7.95. The van der Waals surface area contributed by atoms with Gasteiger partial charge in [0, 0.05) is 11.1 Å². The molecular formula is C36H41F3O. The number of halogens is 3. The summed E-state index contributed by atoms with van der Waals surface area (Å²) in [7, 11) is 0. The fourth-order valence-corrected chi connectivity index (χ4v) is 5.48. The number of allylic oxidation sites excluding steroid dienone is 3. The maximum atomic E-state index is 15.2. The predicted octanol–water partition coefficient (Wildman–Crippen LogP) is 11.3. The van der Waals surface area contributed by atoms with Crippen molar-refractivity contribution in [1.29, 1.82) is 0 Å². The molecule has 0 amide bonds. The molecule has 0 N–H and O–H groups in total. The molecule has 0 aromatic heterocycles. The zero-order valence-electron chi connectivity index (χ0n) is 23.7. The second kappa shape index (κ2) is 14.9. The normalized spacial score (nSPS) is 15.1. The van der Waals surface area contributed by atoms with Crippen LogP contribution < -0.4 is 4.74 Å². The molecule has 4 rings (SSSR count). The molecule has 0 saturated heterocycles. The summed E-state index contributed by atoms with van der Waals surface area (Å²) < 4.78 is 50.3. The largest absolute Gasteiger partial charge is 0.490 e. The summed E-state index contributed by atoms with van der Waals surface area (Å²) in [6.45, 7) is 6.35. The maximum Gasteiger partial charge on any atom is 0.201 e. The number of rotatable bonds is 14. The van der Waals surface area contributed by atoms with Crippen molar-refractivity contribution in [2.75, 3.05) is 6.61 Å². The third kappa shape index (κ3) is 7.68. The fourth-order valence-electron chi connectivity index (χ4n) is 5.48. The Morgan fingerprint density at radius 3 is 2.17 bits per heavy atom. The van der Waals surface area contributed by atoms with Gasteiger partial charge in [-0.25, -0.2) is 8.78 Å². The first kappa shape index (κ1) is 29.7. The fraction of sp³-hybridized carbons (Fsp3) is 0.389. The second-order valence-corrected chi connectivity index (χ2v) is 10.9. The van der Waals surface area contributed by atoms with Crippen LogP contribution in [0.2, 0.25) is 0 Å². The Hall–Kier alpha value is -3.27. The Balaban J connectivity index is 1.39. The van der Waals surface area contributed by atoms with Crippen LogP contribution in [0.3, 0.4) is 0 Å². The molecule has 3 aromatic carbocycles. The summed E-state index contributed by atoms with van der Waals surface area (Å²) in [5.41, 5.74) is 3.99. The molecule has 0 aliphatic heterocycles. The quantitative estimate of drug-likeness (QED) is 0.144. The Labute approximate surface area is 237 Å². The number of hydrogen-bond acceptors (Lipinski definition) is 1.